The quantitative estimate of drug-likeness (QED) is 0.229. The number of rotatable bonds is 3. The van der Waals surface area contributed by atoms with Crippen LogP contribution in [0.3, 0.4) is 0 Å². The monoisotopic (exact) mass is 527 g/mol. The molecule has 0 radical (unpaired) electrons. The fourth-order valence-corrected chi connectivity index (χ4v) is 6.97. The number of thiophene rings is 1. The van der Waals surface area contributed by atoms with Gasteiger partial charge in [0.25, 0.3) is 0 Å². The largest absolute Gasteiger partial charge is 0.456 e. The number of benzene rings is 6. The molecule has 0 unspecified atom stereocenters. The number of hydrogen-bond donors (Lipinski definition) is 0. The van der Waals surface area contributed by atoms with Crippen LogP contribution in [0.4, 0.5) is 0 Å². The van der Waals surface area contributed by atoms with Gasteiger partial charge in [-0.05, 0) is 88.0 Å². The maximum absolute atomic E-state index is 9.33. The van der Waals surface area contributed by atoms with Gasteiger partial charge >= 0.3 is 0 Å². The van der Waals surface area contributed by atoms with Crippen LogP contribution in [0.2, 0.25) is 0 Å². The van der Waals surface area contributed by atoms with Crippen molar-refractivity contribution in [2.75, 3.05) is 0 Å². The molecule has 0 aliphatic rings. The Hall–Kier alpha value is -5.17. The lowest BCUT2D eigenvalue weighted by molar-refractivity contribution is 0.669. The third kappa shape index (κ3) is 3.62. The van der Waals surface area contributed by atoms with E-state index in [0.29, 0.717) is 5.56 Å². The average Bonchev–Trinajstić information content (AvgIpc) is 3.59. The molecule has 0 aliphatic carbocycles. The summed E-state index contributed by atoms with van der Waals surface area (Å²) >= 11 is 1.85. The van der Waals surface area contributed by atoms with Gasteiger partial charge in [-0.25, -0.2) is 0 Å². The smallest absolute Gasteiger partial charge is 0.135 e. The fraction of sp³-hybridized carbons (Fsp3) is 0. The predicted molar refractivity (Wildman–Crippen MR) is 168 cm³/mol. The molecule has 8 rings (SSSR count). The Kier molecular flexibility index (Phi) is 5.10. The molecule has 8 aromatic rings. The zero-order valence-electron chi connectivity index (χ0n) is 21.4. The molecule has 3 heteroatoms. The summed E-state index contributed by atoms with van der Waals surface area (Å²) < 4.78 is 8.69. The van der Waals surface area contributed by atoms with Crippen molar-refractivity contribution in [3.05, 3.63) is 133 Å². The second-order valence-corrected chi connectivity index (χ2v) is 11.1. The van der Waals surface area contributed by atoms with E-state index in [1.807, 2.05) is 47.7 Å². The zero-order chi connectivity index (χ0) is 26.6. The van der Waals surface area contributed by atoms with Crippen LogP contribution in [0.5, 0.6) is 0 Å². The first kappa shape index (κ1) is 22.8. The molecule has 2 nitrogen and oxygen atoms in total. The summed E-state index contributed by atoms with van der Waals surface area (Å²) in [5.74, 6) is 0. The fourth-order valence-electron chi connectivity index (χ4n) is 5.73. The molecule has 0 atom stereocenters. The Balaban J connectivity index is 1.38. The highest BCUT2D eigenvalue weighted by Gasteiger charge is 2.14. The van der Waals surface area contributed by atoms with Gasteiger partial charge in [0.05, 0.1) is 11.6 Å². The van der Waals surface area contributed by atoms with Crippen molar-refractivity contribution >= 4 is 53.4 Å². The van der Waals surface area contributed by atoms with Crippen molar-refractivity contribution in [3.8, 4) is 39.4 Å². The molecular weight excluding hydrogens is 506 g/mol. The van der Waals surface area contributed by atoms with E-state index >= 15 is 0 Å². The van der Waals surface area contributed by atoms with Gasteiger partial charge < -0.3 is 4.42 Å². The van der Waals surface area contributed by atoms with Crippen LogP contribution < -0.4 is 0 Å². The number of fused-ring (bicyclic) bond motifs is 6. The normalized spacial score (nSPS) is 11.5. The van der Waals surface area contributed by atoms with E-state index in [1.54, 1.807) is 0 Å². The molecule has 0 spiro atoms. The van der Waals surface area contributed by atoms with E-state index in [4.69, 9.17) is 4.42 Å². The standard InChI is InChI=1S/C37H21NOS/c38-22-23-12-14-24(15-13-23)26-18-27(25-16-17-35-33(21-25)30-6-1-3-10-34(30)39-35)20-28(19-26)29-8-5-9-32-31-7-2-4-11-36(31)40-37(29)32/h1-21H. The van der Waals surface area contributed by atoms with Crippen LogP contribution in [0.25, 0.3) is 75.5 Å². The van der Waals surface area contributed by atoms with Gasteiger partial charge in [0, 0.05) is 30.9 Å². The topological polar surface area (TPSA) is 36.9 Å². The van der Waals surface area contributed by atoms with E-state index in [0.717, 1.165) is 44.2 Å². The van der Waals surface area contributed by atoms with E-state index in [-0.39, 0.29) is 0 Å². The van der Waals surface area contributed by atoms with Gasteiger partial charge in [0.15, 0.2) is 0 Å². The Bertz CT molecular complexity index is 2280. The Morgan fingerprint density at radius 2 is 1.18 bits per heavy atom. The van der Waals surface area contributed by atoms with Gasteiger partial charge in [0.1, 0.15) is 11.2 Å². The van der Waals surface area contributed by atoms with Crippen molar-refractivity contribution in [1.29, 1.82) is 5.26 Å². The summed E-state index contributed by atoms with van der Waals surface area (Å²) in [7, 11) is 0. The van der Waals surface area contributed by atoms with Crippen molar-refractivity contribution in [2.45, 2.75) is 0 Å². The summed E-state index contributed by atoms with van der Waals surface area (Å²) in [6.45, 7) is 0. The van der Waals surface area contributed by atoms with E-state index < -0.39 is 0 Å². The van der Waals surface area contributed by atoms with E-state index in [2.05, 4.69) is 97.1 Å². The number of hydrogen-bond acceptors (Lipinski definition) is 3. The minimum atomic E-state index is 0.660. The van der Waals surface area contributed by atoms with Gasteiger partial charge in [-0.3, -0.25) is 0 Å². The number of nitrogens with zero attached hydrogens (tertiary/aromatic N) is 1. The van der Waals surface area contributed by atoms with Crippen molar-refractivity contribution < 1.29 is 4.42 Å². The Morgan fingerprint density at radius 3 is 2.02 bits per heavy atom. The van der Waals surface area contributed by atoms with Crippen LogP contribution in [0.1, 0.15) is 5.56 Å². The summed E-state index contributed by atoms with van der Waals surface area (Å²) in [6, 6.07) is 46.8. The molecule has 0 bridgehead atoms. The molecule has 40 heavy (non-hydrogen) atoms. The van der Waals surface area contributed by atoms with Crippen LogP contribution in [-0.2, 0) is 0 Å². The highest BCUT2D eigenvalue weighted by atomic mass is 32.1. The highest BCUT2D eigenvalue weighted by molar-refractivity contribution is 7.26. The molecule has 0 saturated carbocycles. The molecule has 2 heterocycles. The first-order valence-corrected chi connectivity index (χ1v) is 14.0. The molecule has 0 saturated heterocycles. The van der Waals surface area contributed by atoms with Crippen molar-refractivity contribution in [1.82, 2.24) is 0 Å². The maximum Gasteiger partial charge on any atom is 0.135 e. The van der Waals surface area contributed by atoms with Crippen molar-refractivity contribution in [2.24, 2.45) is 0 Å². The van der Waals surface area contributed by atoms with Gasteiger partial charge in [-0.15, -0.1) is 11.3 Å². The number of para-hydroxylation sites is 1. The van der Waals surface area contributed by atoms with E-state index in [9.17, 15) is 5.26 Å². The Labute approximate surface area is 235 Å². The molecule has 2 aromatic heterocycles. The number of nitriles is 1. The third-order valence-corrected chi connectivity index (χ3v) is 8.93. The molecule has 0 fully saturated rings. The molecule has 186 valence electrons. The van der Waals surface area contributed by atoms with Crippen LogP contribution >= 0.6 is 11.3 Å². The highest BCUT2D eigenvalue weighted by Crippen LogP contribution is 2.42. The molecule has 0 aliphatic heterocycles. The average molecular weight is 528 g/mol. The second-order valence-electron chi connectivity index (χ2n) is 10.1. The van der Waals surface area contributed by atoms with Crippen LogP contribution in [0, 0.1) is 11.3 Å². The third-order valence-electron chi connectivity index (χ3n) is 7.71. The maximum atomic E-state index is 9.33. The summed E-state index contributed by atoms with van der Waals surface area (Å²) in [4.78, 5) is 0. The Morgan fingerprint density at radius 1 is 0.500 bits per heavy atom. The molecule has 0 N–H and O–H groups in total. The first-order valence-electron chi connectivity index (χ1n) is 13.2. The minimum absolute atomic E-state index is 0.660. The van der Waals surface area contributed by atoms with Crippen LogP contribution in [0.15, 0.2) is 132 Å². The molecular formula is C37H21NOS. The summed E-state index contributed by atoms with van der Waals surface area (Å²) in [6.07, 6.45) is 0. The first-order chi connectivity index (χ1) is 19.7. The van der Waals surface area contributed by atoms with Gasteiger partial charge in [-0.1, -0.05) is 72.8 Å². The molecule has 6 aromatic carbocycles. The van der Waals surface area contributed by atoms with E-state index in [1.165, 1.54) is 31.3 Å². The summed E-state index contributed by atoms with van der Waals surface area (Å²) in [5, 5.41) is 14.2. The molecule has 0 amide bonds. The lowest BCUT2D eigenvalue weighted by atomic mass is 9.92. The summed E-state index contributed by atoms with van der Waals surface area (Å²) in [5.41, 5.74) is 9.33. The SMILES string of the molecule is N#Cc1ccc(-c2cc(-c3ccc4oc5ccccc5c4c3)cc(-c3cccc4c3sc3ccccc34)c2)cc1. The predicted octanol–water partition coefficient (Wildman–Crippen LogP) is 10.8. The lowest BCUT2D eigenvalue weighted by Crippen LogP contribution is -1.87. The second kappa shape index (κ2) is 8.95. The van der Waals surface area contributed by atoms with Crippen LogP contribution in [-0.4, -0.2) is 0 Å². The van der Waals surface area contributed by atoms with Gasteiger partial charge in [0.2, 0.25) is 0 Å². The lowest BCUT2D eigenvalue weighted by Gasteiger charge is -2.12. The zero-order valence-corrected chi connectivity index (χ0v) is 22.2. The minimum Gasteiger partial charge on any atom is -0.456 e. The van der Waals surface area contributed by atoms with Gasteiger partial charge in [-0.2, -0.15) is 5.26 Å². The number of furan rings is 1. The van der Waals surface area contributed by atoms with Crippen molar-refractivity contribution in [3.63, 3.8) is 0 Å².